The molecule has 4 rings (SSSR count). The first-order valence-corrected chi connectivity index (χ1v) is 9.69. The van der Waals surface area contributed by atoms with Crippen molar-refractivity contribution in [3.63, 3.8) is 0 Å². The van der Waals surface area contributed by atoms with E-state index in [-0.39, 0.29) is 17.3 Å². The largest absolute Gasteiger partial charge is 0.335 e. The van der Waals surface area contributed by atoms with Gasteiger partial charge in [-0.05, 0) is 18.7 Å². The standard InChI is InChI=1S/C22H21N5O3/c1-25-10-12-26(13-11-25)22(28)21-19(17-8-5-9-18(14-17)27(29)30)15-20(23-24-21)16-6-3-2-4-7-16/h2-9,14-15H,10-13H2,1H3. The van der Waals surface area contributed by atoms with Crippen LogP contribution in [0.1, 0.15) is 10.5 Å². The summed E-state index contributed by atoms with van der Waals surface area (Å²) < 4.78 is 0. The lowest BCUT2D eigenvalue weighted by Gasteiger charge is -2.32. The molecule has 1 fully saturated rings. The van der Waals surface area contributed by atoms with Gasteiger partial charge in [0, 0.05) is 49.4 Å². The van der Waals surface area contributed by atoms with E-state index in [0.717, 1.165) is 18.7 Å². The van der Waals surface area contributed by atoms with Crippen molar-refractivity contribution in [2.75, 3.05) is 33.2 Å². The number of aromatic nitrogens is 2. The van der Waals surface area contributed by atoms with E-state index < -0.39 is 4.92 Å². The minimum atomic E-state index is -0.446. The molecule has 152 valence electrons. The zero-order chi connectivity index (χ0) is 21.1. The van der Waals surface area contributed by atoms with Crippen molar-refractivity contribution >= 4 is 11.6 Å². The summed E-state index contributed by atoms with van der Waals surface area (Å²) in [5.74, 6) is -0.211. The molecule has 1 aromatic heterocycles. The van der Waals surface area contributed by atoms with Gasteiger partial charge in [-0.3, -0.25) is 14.9 Å². The van der Waals surface area contributed by atoms with Crippen LogP contribution in [0.5, 0.6) is 0 Å². The Bertz CT molecular complexity index is 1080. The topological polar surface area (TPSA) is 92.5 Å². The number of carbonyl (C=O) groups is 1. The Balaban J connectivity index is 1.80. The maximum atomic E-state index is 13.2. The lowest BCUT2D eigenvalue weighted by atomic mass is 10.0. The number of amides is 1. The molecule has 1 saturated heterocycles. The van der Waals surface area contributed by atoms with Gasteiger partial charge in [-0.15, -0.1) is 10.2 Å². The van der Waals surface area contributed by atoms with Crippen LogP contribution in [-0.4, -0.2) is 64.1 Å². The summed E-state index contributed by atoms with van der Waals surface area (Å²) >= 11 is 0. The lowest BCUT2D eigenvalue weighted by Crippen LogP contribution is -2.47. The van der Waals surface area contributed by atoms with Gasteiger partial charge in [0.25, 0.3) is 11.6 Å². The van der Waals surface area contributed by atoms with E-state index >= 15 is 0 Å². The number of non-ortho nitro benzene ring substituents is 1. The number of nitro benzene ring substituents is 1. The molecule has 1 aliphatic rings. The summed E-state index contributed by atoms with van der Waals surface area (Å²) in [5.41, 5.74) is 2.73. The first-order valence-electron chi connectivity index (χ1n) is 9.69. The number of nitrogens with zero attached hydrogens (tertiary/aromatic N) is 5. The zero-order valence-electron chi connectivity index (χ0n) is 16.6. The van der Waals surface area contributed by atoms with Crippen LogP contribution in [0, 0.1) is 10.1 Å². The fourth-order valence-electron chi connectivity index (χ4n) is 3.47. The maximum Gasteiger partial charge on any atom is 0.275 e. The Hall–Kier alpha value is -3.65. The van der Waals surface area contributed by atoms with Gasteiger partial charge in [0.2, 0.25) is 0 Å². The molecule has 2 aromatic carbocycles. The Morgan fingerprint density at radius 1 is 0.933 bits per heavy atom. The summed E-state index contributed by atoms with van der Waals surface area (Å²) in [5, 5.41) is 19.8. The smallest absolute Gasteiger partial charge is 0.275 e. The summed E-state index contributed by atoms with van der Waals surface area (Å²) in [6.45, 7) is 2.78. The fraction of sp³-hybridized carbons (Fsp3) is 0.227. The lowest BCUT2D eigenvalue weighted by molar-refractivity contribution is -0.384. The van der Waals surface area contributed by atoms with Gasteiger partial charge < -0.3 is 9.80 Å². The highest BCUT2D eigenvalue weighted by Gasteiger charge is 2.25. The summed E-state index contributed by atoms with van der Waals surface area (Å²) in [6, 6.07) is 17.5. The quantitative estimate of drug-likeness (QED) is 0.491. The van der Waals surface area contributed by atoms with E-state index in [1.165, 1.54) is 12.1 Å². The Morgan fingerprint density at radius 2 is 1.63 bits per heavy atom. The molecule has 0 unspecified atom stereocenters. The fourth-order valence-corrected chi connectivity index (χ4v) is 3.47. The van der Waals surface area contributed by atoms with E-state index in [0.29, 0.717) is 29.9 Å². The molecule has 0 atom stereocenters. The van der Waals surface area contributed by atoms with Gasteiger partial charge in [0.05, 0.1) is 10.6 Å². The molecule has 0 bridgehead atoms. The van der Waals surface area contributed by atoms with Gasteiger partial charge in [-0.2, -0.15) is 0 Å². The number of rotatable bonds is 4. The second-order valence-electron chi connectivity index (χ2n) is 7.26. The van der Waals surface area contributed by atoms with Crippen LogP contribution in [-0.2, 0) is 0 Å². The molecule has 2 heterocycles. The Labute approximate surface area is 173 Å². The van der Waals surface area contributed by atoms with Gasteiger partial charge in [-0.25, -0.2) is 0 Å². The molecule has 8 heteroatoms. The molecule has 8 nitrogen and oxygen atoms in total. The second kappa shape index (κ2) is 8.38. The first-order chi connectivity index (χ1) is 14.5. The third kappa shape index (κ3) is 4.04. The number of nitro groups is 1. The van der Waals surface area contributed by atoms with Crippen LogP contribution < -0.4 is 0 Å². The van der Waals surface area contributed by atoms with Crippen molar-refractivity contribution in [3.05, 3.63) is 76.5 Å². The average molecular weight is 403 g/mol. The van der Waals surface area contributed by atoms with E-state index in [1.807, 2.05) is 37.4 Å². The van der Waals surface area contributed by atoms with Crippen LogP contribution in [0.25, 0.3) is 22.4 Å². The van der Waals surface area contributed by atoms with Crippen LogP contribution in [0.15, 0.2) is 60.7 Å². The molecular weight excluding hydrogens is 382 g/mol. The van der Waals surface area contributed by atoms with E-state index in [2.05, 4.69) is 15.1 Å². The third-order valence-electron chi connectivity index (χ3n) is 5.22. The monoisotopic (exact) mass is 403 g/mol. The molecule has 1 aliphatic heterocycles. The SMILES string of the molecule is CN1CCN(C(=O)c2nnc(-c3ccccc3)cc2-c2cccc([N+](=O)[O-])c2)CC1. The number of likely N-dealkylation sites (N-methyl/N-ethyl adjacent to an activating group) is 1. The Morgan fingerprint density at radius 3 is 2.33 bits per heavy atom. The van der Waals surface area contributed by atoms with Crippen LogP contribution in [0.3, 0.4) is 0 Å². The molecule has 30 heavy (non-hydrogen) atoms. The number of benzene rings is 2. The van der Waals surface area contributed by atoms with E-state index in [1.54, 1.807) is 23.1 Å². The predicted octanol–water partition coefficient (Wildman–Crippen LogP) is 3.11. The summed E-state index contributed by atoms with van der Waals surface area (Å²) in [7, 11) is 2.02. The maximum absolute atomic E-state index is 13.2. The highest BCUT2D eigenvalue weighted by molar-refractivity contribution is 5.99. The molecule has 1 amide bonds. The molecule has 0 radical (unpaired) electrons. The van der Waals surface area contributed by atoms with Crippen molar-refractivity contribution in [1.29, 1.82) is 0 Å². The normalized spacial score (nSPS) is 14.5. The highest BCUT2D eigenvalue weighted by Crippen LogP contribution is 2.30. The molecule has 0 spiro atoms. The molecular formula is C22H21N5O3. The number of piperazine rings is 1. The minimum absolute atomic E-state index is 0.0384. The highest BCUT2D eigenvalue weighted by atomic mass is 16.6. The average Bonchev–Trinajstić information content (AvgIpc) is 2.79. The van der Waals surface area contributed by atoms with Gasteiger partial charge in [0.1, 0.15) is 0 Å². The van der Waals surface area contributed by atoms with Gasteiger partial charge in [0.15, 0.2) is 5.69 Å². The number of carbonyl (C=O) groups excluding carboxylic acids is 1. The molecule has 0 N–H and O–H groups in total. The summed E-state index contributed by atoms with van der Waals surface area (Å²) in [4.78, 5) is 28.0. The second-order valence-corrected chi connectivity index (χ2v) is 7.26. The van der Waals surface area contributed by atoms with Gasteiger partial charge >= 0.3 is 0 Å². The van der Waals surface area contributed by atoms with Crippen LogP contribution >= 0.6 is 0 Å². The van der Waals surface area contributed by atoms with Gasteiger partial charge in [-0.1, -0.05) is 42.5 Å². The summed E-state index contributed by atoms with van der Waals surface area (Å²) in [6.07, 6.45) is 0. The van der Waals surface area contributed by atoms with Crippen molar-refractivity contribution in [1.82, 2.24) is 20.0 Å². The molecule has 0 aliphatic carbocycles. The zero-order valence-corrected chi connectivity index (χ0v) is 16.6. The molecule has 3 aromatic rings. The predicted molar refractivity (Wildman–Crippen MR) is 113 cm³/mol. The van der Waals surface area contributed by atoms with Crippen molar-refractivity contribution < 1.29 is 9.72 Å². The minimum Gasteiger partial charge on any atom is -0.335 e. The number of hydrogen-bond donors (Lipinski definition) is 0. The number of hydrogen-bond acceptors (Lipinski definition) is 6. The van der Waals surface area contributed by atoms with E-state index in [9.17, 15) is 14.9 Å². The first kappa shape index (κ1) is 19.7. The van der Waals surface area contributed by atoms with Crippen molar-refractivity contribution in [2.45, 2.75) is 0 Å². The molecule has 0 saturated carbocycles. The third-order valence-corrected chi connectivity index (χ3v) is 5.22. The van der Waals surface area contributed by atoms with Crippen molar-refractivity contribution in [2.24, 2.45) is 0 Å². The van der Waals surface area contributed by atoms with Crippen molar-refractivity contribution in [3.8, 4) is 22.4 Å². The van der Waals surface area contributed by atoms with Crippen LogP contribution in [0.4, 0.5) is 5.69 Å². The van der Waals surface area contributed by atoms with E-state index in [4.69, 9.17) is 0 Å². The van der Waals surface area contributed by atoms with Crippen LogP contribution in [0.2, 0.25) is 0 Å². The Kier molecular flexibility index (Phi) is 5.49.